The van der Waals surface area contributed by atoms with Crippen LogP contribution in [0.4, 0.5) is 11.4 Å². The fourth-order valence-corrected chi connectivity index (χ4v) is 3.66. The minimum absolute atomic E-state index is 0.152. The Bertz CT molecular complexity index is 1500. The van der Waals surface area contributed by atoms with Crippen LogP contribution >= 0.6 is 0 Å². The van der Waals surface area contributed by atoms with Crippen molar-refractivity contribution in [1.82, 2.24) is 0 Å². The Morgan fingerprint density at radius 1 is 1.06 bits per heavy atom. The van der Waals surface area contributed by atoms with E-state index < -0.39 is 10.8 Å². The number of carbonyl (C=O) groups is 1. The monoisotopic (exact) mass is 463 g/mol. The summed E-state index contributed by atoms with van der Waals surface area (Å²) in [5.41, 5.74) is 2.18. The van der Waals surface area contributed by atoms with Gasteiger partial charge in [0.2, 0.25) is 0 Å². The number of benzene rings is 4. The Hall–Kier alpha value is -4.96. The second-order valence-corrected chi connectivity index (χ2v) is 7.85. The van der Waals surface area contributed by atoms with Crippen molar-refractivity contribution >= 4 is 34.1 Å². The lowest BCUT2D eigenvalue weighted by molar-refractivity contribution is -0.384. The smallest absolute Gasteiger partial charge is 0.271 e. The molecule has 7 heteroatoms. The molecule has 1 amide bonds. The van der Waals surface area contributed by atoms with Crippen LogP contribution < -0.4 is 10.1 Å². The highest BCUT2D eigenvalue weighted by atomic mass is 16.6. The highest BCUT2D eigenvalue weighted by Crippen LogP contribution is 2.26. The zero-order valence-electron chi connectivity index (χ0n) is 18.9. The van der Waals surface area contributed by atoms with Gasteiger partial charge in [-0.1, -0.05) is 66.7 Å². The van der Waals surface area contributed by atoms with E-state index in [2.05, 4.69) is 5.32 Å². The van der Waals surface area contributed by atoms with E-state index in [1.165, 1.54) is 18.2 Å². The van der Waals surface area contributed by atoms with Crippen LogP contribution in [0.2, 0.25) is 0 Å². The summed E-state index contributed by atoms with van der Waals surface area (Å²) in [6, 6.07) is 27.2. The third-order valence-corrected chi connectivity index (χ3v) is 5.53. The molecule has 0 bridgehead atoms. The number of hydrogen-bond acceptors (Lipinski definition) is 5. The lowest BCUT2D eigenvalue weighted by Crippen LogP contribution is -2.14. The molecule has 0 heterocycles. The van der Waals surface area contributed by atoms with Crippen LogP contribution in [0.3, 0.4) is 0 Å². The van der Waals surface area contributed by atoms with Gasteiger partial charge >= 0.3 is 0 Å². The number of anilines is 1. The first kappa shape index (κ1) is 23.2. The van der Waals surface area contributed by atoms with Gasteiger partial charge < -0.3 is 10.1 Å². The molecule has 4 rings (SSSR count). The highest BCUT2D eigenvalue weighted by molar-refractivity contribution is 6.10. The number of nitro benzene ring substituents is 1. The van der Waals surface area contributed by atoms with Crippen molar-refractivity contribution in [2.45, 2.75) is 13.5 Å². The molecule has 0 unspecified atom stereocenters. The average Bonchev–Trinajstić information content (AvgIpc) is 2.87. The predicted molar refractivity (Wildman–Crippen MR) is 135 cm³/mol. The number of nitrogens with zero attached hydrogens (tertiary/aromatic N) is 2. The van der Waals surface area contributed by atoms with Crippen molar-refractivity contribution in [1.29, 1.82) is 5.26 Å². The summed E-state index contributed by atoms with van der Waals surface area (Å²) in [4.78, 5) is 23.3. The molecule has 4 aromatic carbocycles. The first-order valence-electron chi connectivity index (χ1n) is 10.8. The number of non-ortho nitro benzene ring substituents is 1. The number of nitro groups is 1. The Labute approximate surface area is 202 Å². The van der Waals surface area contributed by atoms with Gasteiger partial charge in [-0.2, -0.15) is 5.26 Å². The minimum atomic E-state index is -0.667. The van der Waals surface area contributed by atoms with Gasteiger partial charge in [-0.3, -0.25) is 14.9 Å². The van der Waals surface area contributed by atoms with E-state index in [9.17, 15) is 20.2 Å². The molecule has 0 aliphatic carbocycles. The van der Waals surface area contributed by atoms with E-state index in [0.29, 0.717) is 23.5 Å². The second kappa shape index (κ2) is 10.3. The summed E-state index contributed by atoms with van der Waals surface area (Å²) < 4.78 is 6.08. The number of aryl methyl sites for hydroxylation is 1. The molecule has 0 aromatic heterocycles. The maximum atomic E-state index is 12.8. The van der Waals surface area contributed by atoms with Crippen molar-refractivity contribution in [3.63, 3.8) is 0 Å². The first-order valence-corrected chi connectivity index (χ1v) is 10.8. The van der Waals surface area contributed by atoms with Gasteiger partial charge in [0.15, 0.2) is 0 Å². The van der Waals surface area contributed by atoms with Gasteiger partial charge in [0.05, 0.1) is 10.6 Å². The maximum Gasteiger partial charge on any atom is 0.271 e. The second-order valence-electron chi connectivity index (χ2n) is 7.85. The van der Waals surface area contributed by atoms with Gasteiger partial charge in [0.1, 0.15) is 24.0 Å². The molecule has 172 valence electrons. The topological polar surface area (TPSA) is 105 Å². The minimum Gasteiger partial charge on any atom is -0.488 e. The quantitative estimate of drug-likeness (QED) is 0.152. The number of nitriles is 1. The molecular formula is C28H21N3O4. The summed E-state index contributed by atoms with van der Waals surface area (Å²) in [5.74, 6) is -0.146. The van der Waals surface area contributed by atoms with Crippen molar-refractivity contribution in [3.8, 4) is 11.8 Å². The lowest BCUT2D eigenvalue weighted by atomic mass is 10.1. The van der Waals surface area contributed by atoms with Crippen LogP contribution in [-0.4, -0.2) is 10.8 Å². The van der Waals surface area contributed by atoms with Crippen LogP contribution in [0.1, 0.15) is 16.7 Å². The third-order valence-electron chi connectivity index (χ3n) is 5.53. The zero-order chi connectivity index (χ0) is 24.8. The molecule has 0 saturated carbocycles. The molecule has 0 aliphatic heterocycles. The van der Waals surface area contributed by atoms with Crippen molar-refractivity contribution in [3.05, 3.63) is 117 Å². The SMILES string of the molecule is Cc1ccc([N+](=O)[O-])cc1NC(=O)/C(C#N)=C/c1ccccc1OCc1cccc2ccccc12. The number of hydrogen-bond donors (Lipinski definition) is 1. The molecule has 0 aliphatic rings. The number of fused-ring (bicyclic) bond motifs is 1. The summed E-state index contributed by atoms with van der Waals surface area (Å²) in [6.07, 6.45) is 1.44. The fourth-order valence-electron chi connectivity index (χ4n) is 3.66. The maximum absolute atomic E-state index is 12.8. The molecule has 0 fully saturated rings. The molecule has 4 aromatic rings. The van der Waals surface area contributed by atoms with Crippen LogP contribution in [0.25, 0.3) is 16.8 Å². The molecule has 7 nitrogen and oxygen atoms in total. The Morgan fingerprint density at radius 2 is 1.80 bits per heavy atom. The normalized spacial score (nSPS) is 11.0. The van der Waals surface area contributed by atoms with E-state index in [1.54, 1.807) is 31.2 Å². The average molecular weight is 463 g/mol. The van der Waals surface area contributed by atoms with E-state index in [4.69, 9.17) is 4.74 Å². The third kappa shape index (κ3) is 5.34. The van der Waals surface area contributed by atoms with Gasteiger partial charge in [-0.15, -0.1) is 0 Å². The summed E-state index contributed by atoms with van der Waals surface area (Å²) in [7, 11) is 0. The van der Waals surface area contributed by atoms with Gasteiger partial charge in [-0.25, -0.2) is 0 Å². The van der Waals surface area contributed by atoms with Gasteiger partial charge in [-0.05, 0) is 41.0 Å². The first-order chi connectivity index (χ1) is 17.0. The molecule has 1 N–H and O–H groups in total. The molecule has 0 radical (unpaired) electrons. The molecule has 0 spiro atoms. The summed E-state index contributed by atoms with van der Waals surface area (Å²) in [5, 5.41) is 25.5. The van der Waals surface area contributed by atoms with Gasteiger partial charge in [0.25, 0.3) is 11.6 Å². The number of para-hydroxylation sites is 1. The Kier molecular flexibility index (Phi) is 6.84. The summed E-state index contributed by atoms with van der Waals surface area (Å²) in [6.45, 7) is 2.03. The number of nitrogens with one attached hydrogen (secondary N) is 1. The number of rotatable bonds is 7. The van der Waals surface area contributed by atoms with Crippen molar-refractivity contribution < 1.29 is 14.5 Å². The van der Waals surface area contributed by atoms with Crippen molar-refractivity contribution in [2.75, 3.05) is 5.32 Å². The highest BCUT2D eigenvalue weighted by Gasteiger charge is 2.15. The van der Waals surface area contributed by atoms with Crippen LogP contribution in [-0.2, 0) is 11.4 Å². The Morgan fingerprint density at radius 3 is 2.60 bits per heavy atom. The molecule has 0 atom stereocenters. The van der Waals surface area contributed by atoms with Crippen LogP contribution in [0, 0.1) is 28.4 Å². The number of amides is 1. The van der Waals surface area contributed by atoms with Gasteiger partial charge in [0, 0.05) is 17.7 Å². The number of carbonyl (C=O) groups excluding carboxylic acids is 1. The van der Waals surface area contributed by atoms with Crippen LogP contribution in [0.15, 0.2) is 90.5 Å². The lowest BCUT2D eigenvalue weighted by Gasteiger charge is -2.12. The fraction of sp³-hybridized carbons (Fsp3) is 0.0714. The van der Waals surface area contributed by atoms with E-state index >= 15 is 0 Å². The molecule has 0 saturated heterocycles. The number of ether oxygens (including phenoxy) is 1. The standard InChI is InChI=1S/C28H21N3O4/c1-19-13-14-24(31(33)34)16-26(19)30-28(32)23(17-29)15-21-8-3-5-12-27(21)35-18-22-10-6-9-20-7-2-4-11-25(20)22/h2-16H,18H2,1H3,(H,30,32)/b23-15+. The van der Waals surface area contributed by atoms with E-state index in [0.717, 1.165) is 16.3 Å². The Balaban J connectivity index is 1.57. The zero-order valence-corrected chi connectivity index (χ0v) is 18.9. The molecule has 35 heavy (non-hydrogen) atoms. The van der Waals surface area contributed by atoms with Crippen LogP contribution in [0.5, 0.6) is 5.75 Å². The molecular weight excluding hydrogens is 442 g/mol. The van der Waals surface area contributed by atoms with E-state index in [1.807, 2.05) is 54.6 Å². The summed E-state index contributed by atoms with van der Waals surface area (Å²) >= 11 is 0. The van der Waals surface area contributed by atoms with E-state index in [-0.39, 0.29) is 16.9 Å². The van der Waals surface area contributed by atoms with Crippen molar-refractivity contribution in [2.24, 2.45) is 0 Å². The predicted octanol–water partition coefficient (Wildman–Crippen LogP) is 6.18. The largest absolute Gasteiger partial charge is 0.488 e.